The van der Waals surface area contributed by atoms with Crippen molar-refractivity contribution < 1.29 is 28.2 Å². The van der Waals surface area contributed by atoms with Crippen LogP contribution >= 0.6 is 12.2 Å². The third kappa shape index (κ3) is 5.23. The number of thiocarbonyl (C=S) groups is 1. The maximum Gasteiger partial charge on any atom is 0.287 e. The summed E-state index contributed by atoms with van der Waals surface area (Å²) >= 11 is 4.74. The van der Waals surface area contributed by atoms with Gasteiger partial charge < -0.3 is 29.8 Å². The summed E-state index contributed by atoms with van der Waals surface area (Å²) in [5.41, 5.74) is 0.624. The van der Waals surface area contributed by atoms with E-state index >= 15 is 0 Å². The van der Waals surface area contributed by atoms with Crippen molar-refractivity contribution in [3.63, 3.8) is 0 Å². The maximum absolute atomic E-state index is 13.6. The van der Waals surface area contributed by atoms with Crippen LogP contribution in [0.1, 0.15) is 49.1 Å². The van der Waals surface area contributed by atoms with Gasteiger partial charge in [-0.3, -0.25) is 9.59 Å². The molecule has 34 heavy (non-hydrogen) atoms. The van der Waals surface area contributed by atoms with Crippen LogP contribution in [-0.2, 0) is 4.79 Å². The number of carbonyl (C=O) groups is 2. The van der Waals surface area contributed by atoms with Gasteiger partial charge in [0, 0.05) is 19.2 Å². The predicted octanol–water partition coefficient (Wildman–Crippen LogP) is 2.94. The van der Waals surface area contributed by atoms with E-state index in [0.29, 0.717) is 31.5 Å². The molecule has 2 fully saturated rings. The lowest BCUT2D eigenvalue weighted by molar-refractivity contribution is -0.130. The van der Waals surface area contributed by atoms with Crippen LogP contribution in [0, 0.1) is 5.82 Å². The molecule has 1 aliphatic heterocycles. The molecule has 1 aromatic heterocycles. The SMILES string of the molecule is O=C(NC1(C(=O)NC2CCN(c3ccc(F)cc3OC=S)CC2O)CCCCC1)c1ccco1. The van der Waals surface area contributed by atoms with E-state index in [1.807, 2.05) is 4.90 Å². The van der Waals surface area contributed by atoms with Gasteiger partial charge in [0.05, 0.1) is 24.1 Å². The Kier molecular flexibility index (Phi) is 7.47. The van der Waals surface area contributed by atoms with Gasteiger partial charge in [-0.1, -0.05) is 19.3 Å². The first-order chi connectivity index (χ1) is 16.4. The number of nitrogens with one attached hydrogen (secondary N) is 2. The van der Waals surface area contributed by atoms with Crippen molar-refractivity contribution >= 4 is 35.3 Å². The van der Waals surface area contributed by atoms with Gasteiger partial charge in [0.25, 0.3) is 5.91 Å². The third-order valence-electron chi connectivity index (χ3n) is 6.58. The number of β-amino-alcohol motifs (C(OH)–C–C–N with tert-alkyl or cyclic N) is 1. The first-order valence-corrected chi connectivity index (χ1v) is 11.9. The third-order valence-corrected chi connectivity index (χ3v) is 6.67. The van der Waals surface area contributed by atoms with Gasteiger partial charge in [0.2, 0.25) is 5.91 Å². The zero-order valence-corrected chi connectivity index (χ0v) is 19.5. The molecule has 1 saturated heterocycles. The fourth-order valence-corrected chi connectivity index (χ4v) is 4.88. The molecule has 4 rings (SSSR count). The summed E-state index contributed by atoms with van der Waals surface area (Å²) < 4.78 is 24.1. The number of amides is 2. The molecule has 1 aromatic carbocycles. The van der Waals surface area contributed by atoms with Crippen LogP contribution in [0.3, 0.4) is 0 Å². The normalized spacial score (nSPS) is 22.0. The number of halogens is 1. The van der Waals surface area contributed by atoms with Crippen molar-refractivity contribution in [3.05, 3.63) is 48.2 Å². The molecule has 2 aromatic rings. The Labute approximate surface area is 202 Å². The van der Waals surface area contributed by atoms with Crippen LogP contribution < -0.4 is 20.3 Å². The molecule has 10 heteroatoms. The number of benzene rings is 1. The van der Waals surface area contributed by atoms with E-state index in [2.05, 4.69) is 10.6 Å². The minimum absolute atomic E-state index is 0.153. The summed E-state index contributed by atoms with van der Waals surface area (Å²) in [7, 11) is 0. The second-order valence-corrected chi connectivity index (χ2v) is 8.97. The molecular formula is C24H28FN3O5S. The van der Waals surface area contributed by atoms with E-state index in [1.54, 1.807) is 18.2 Å². The molecule has 3 N–H and O–H groups in total. The topological polar surface area (TPSA) is 104 Å². The Bertz CT molecular complexity index is 1030. The molecule has 2 amide bonds. The van der Waals surface area contributed by atoms with Gasteiger partial charge >= 0.3 is 0 Å². The van der Waals surface area contributed by atoms with Crippen LogP contribution in [0.25, 0.3) is 0 Å². The summed E-state index contributed by atoms with van der Waals surface area (Å²) in [4.78, 5) is 27.9. The summed E-state index contributed by atoms with van der Waals surface area (Å²) in [6, 6.07) is 6.83. The lowest BCUT2D eigenvalue weighted by Crippen LogP contribution is -2.64. The molecule has 2 heterocycles. The number of anilines is 1. The number of hydrogen-bond donors (Lipinski definition) is 3. The Morgan fingerprint density at radius 2 is 2.06 bits per heavy atom. The maximum atomic E-state index is 13.6. The minimum Gasteiger partial charge on any atom is -0.459 e. The van der Waals surface area contributed by atoms with Crippen molar-refractivity contribution in [1.82, 2.24) is 10.6 Å². The quantitative estimate of drug-likeness (QED) is 0.514. The van der Waals surface area contributed by atoms with E-state index < -0.39 is 29.4 Å². The Balaban J connectivity index is 1.43. The highest BCUT2D eigenvalue weighted by atomic mass is 32.1. The number of aliphatic hydroxyl groups is 1. The number of rotatable bonds is 7. The smallest absolute Gasteiger partial charge is 0.287 e. The first kappa shape index (κ1) is 24.2. The highest BCUT2D eigenvalue weighted by molar-refractivity contribution is 7.78. The fourth-order valence-electron chi connectivity index (χ4n) is 4.77. The molecule has 0 radical (unpaired) electrons. The zero-order chi connectivity index (χ0) is 24.1. The van der Waals surface area contributed by atoms with Crippen LogP contribution in [0.5, 0.6) is 5.75 Å². The monoisotopic (exact) mass is 489 g/mol. The molecule has 8 nitrogen and oxygen atoms in total. The molecule has 0 spiro atoms. The standard InChI is InChI=1S/C24H28FN3O5S/c25-16-6-7-18(21(13-16)33-15-34)28-11-8-17(19(29)14-28)26-23(31)24(9-2-1-3-10-24)27-22(30)20-5-4-12-32-20/h4-7,12-13,15,17,19,29H,1-3,8-11,14H2,(H,26,31)(H,27,30). The number of ether oxygens (including phenoxy) is 1. The van der Waals surface area contributed by atoms with Gasteiger partial charge in [0.15, 0.2) is 17.1 Å². The van der Waals surface area contributed by atoms with Crippen molar-refractivity contribution in [2.75, 3.05) is 18.0 Å². The Morgan fingerprint density at radius 1 is 1.26 bits per heavy atom. The molecule has 2 aliphatic rings. The number of carbonyl (C=O) groups excluding carboxylic acids is 2. The molecule has 2 unspecified atom stereocenters. The number of aliphatic hydroxyl groups excluding tert-OH is 1. The van der Waals surface area contributed by atoms with E-state index in [9.17, 15) is 19.1 Å². The van der Waals surface area contributed by atoms with Crippen LogP contribution in [0.2, 0.25) is 0 Å². The average Bonchev–Trinajstić information content (AvgIpc) is 3.37. The van der Waals surface area contributed by atoms with Crippen molar-refractivity contribution in [2.45, 2.75) is 56.2 Å². The highest BCUT2D eigenvalue weighted by Gasteiger charge is 2.43. The number of nitrogens with zero attached hydrogens (tertiary/aromatic N) is 1. The highest BCUT2D eigenvalue weighted by Crippen LogP contribution is 2.32. The molecule has 182 valence electrons. The second kappa shape index (κ2) is 10.5. The Morgan fingerprint density at radius 3 is 2.74 bits per heavy atom. The molecule has 1 aliphatic carbocycles. The van der Waals surface area contributed by atoms with Gasteiger partial charge in [-0.05, 0) is 55.7 Å². The zero-order valence-electron chi connectivity index (χ0n) is 18.7. The minimum atomic E-state index is -1.05. The summed E-state index contributed by atoms with van der Waals surface area (Å²) in [5, 5.41) is 16.7. The van der Waals surface area contributed by atoms with Crippen molar-refractivity contribution in [3.8, 4) is 5.75 Å². The van der Waals surface area contributed by atoms with Gasteiger partial charge in [0.1, 0.15) is 11.4 Å². The Hall–Kier alpha value is -2.98. The molecular weight excluding hydrogens is 461 g/mol. The number of piperidine rings is 1. The second-order valence-electron chi connectivity index (χ2n) is 8.78. The van der Waals surface area contributed by atoms with E-state index in [4.69, 9.17) is 21.4 Å². The molecule has 0 bridgehead atoms. The van der Waals surface area contributed by atoms with E-state index in [1.165, 1.54) is 18.4 Å². The lowest BCUT2D eigenvalue weighted by atomic mass is 9.80. The fraction of sp³-hybridized carbons (Fsp3) is 0.458. The largest absolute Gasteiger partial charge is 0.459 e. The average molecular weight is 490 g/mol. The molecule has 1 saturated carbocycles. The van der Waals surface area contributed by atoms with Gasteiger partial charge in [-0.25, -0.2) is 4.39 Å². The molecule has 2 atom stereocenters. The van der Waals surface area contributed by atoms with Gasteiger partial charge in [-0.15, -0.1) is 0 Å². The van der Waals surface area contributed by atoms with Crippen molar-refractivity contribution in [1.29, 1.82) is 0 Å². The summed E-state index contributed by atoms with van der Waals surface area (Å²) in [6.45, 7) is 0.726. The predicted molar refractivity (Wildman–Crippen MR) is 127 cm³/mol. The van der Waals surface area contributed by atoms with Gasteiger partial charge in [-0.2, -0.15) is 0 Å². The summed E-state index contributed by atoms with van der Waals surface area (Å²) in [6.07, 6.45) is 4.68. The summed E-state index contributed by atoms with van der Waals surface area (Å²) in [5.74, 6) is -0.755. The lowest BCUT2D eigenvalue weighted by Gasteiger charge is -2.41. The van der Waals surface area contributed by atoms with Crippen LogP contribution in [0.4, 0.5) is 10.1 Å². The van der Waals surface area contributed by atoms with E-state index in [-0.39, 0.29) is 24.0 Å². The van der Waals surface area contributed by atoms with Crippen LogP contribution in [0.15, 0.2) is 41.0 Å². The van der Waals surface area contributed by atoms with Crippen LogP contribution in [-0.4, -0.2) is 53.2 Å². The van der Waals surface area contributed by atoms with E-state index in [0.717, 1.165) is 24.8 Å². The van der Waals surface area contributed by atoms with Crippen molar-refractivity contribution in [2.24, 2.45) is 0 Å². The number of furan rings is 1. The first-order valence-electron chi connectivity index (χ1n) is 11.4. The number of hydrogen-bond acceptors (Lipinski definition) is 7.